The zero-order chi connectivity index (χ0) is 22.7. The molecule has 0 saturated heterocycles. The van der Waals surface area contributed by atoms with Gasteiger partial charge in [0.05, 0.1) is 25.9 Å². The Morgan fingerprint density at radius 3 is 2.69 bits per heavy atom. The van der Waals surface area contributed by atoms with Crippen LogP contribution >= 0.6 is 11.3 Å². The number of aromatic nitrogens is 1. The van der Waals surface area contributed by atoms with E-state index in [1.807, 2.05) is 30.4 Å². The fourth-order valence-corrected chi connectivity index (χ4v) is 5.63. The van der Waals surface area contributed by atoms with Crippen LogP contribution in [0.5, 0.6) is 11.5 Å². The molecule has 1 aromatic carbocycles. The molecule has 7 nitrogen and oxygen atoms in total. The second kappa shape index (κ2) is 9.67. The average Bonchev–Trinajstić information content (AvgIpc) is 3.46. The SMILES string of the molecule is CCN1CCc2c(sc(-n3cccc3)c2C(C)NC(=O)Nc2ccc(OC)cc2OC)C1. The molecule has 0 saturated carbocycles. The van der Waals surface area contributed by atoms with E-state index in [1.54, 1.807) is 32.4 Å². The third kappa shape index (κ3) is 4.47. The highest BCUT2D eigenvalue weighted by molar-refractivity contribution is 7.15. The number of benzene rings is 1. The highest BCUT2D eigenvalue weighted by Gasteiger charge is 2.28. The maximum Gasteiger partial charge on any atom is 0.319 e. The number of carbonyl (C=O) groups is 1. The maximum absolute atomic E-state index is 12.9. The van der Waals surface area contributed by atoms with Crippen molar-refractivity contribution in [3.63, 3.8) is 0 Å². The molecule has 1 unspecified atom stereocenters. The van der Waals surface area contributed by atoms with Gasteiger partial charge in [0.1, 0.15) is 16.5 Å². The first-order valence-electron chi connectivity index (χ1n) is 10.8. The average molecular weight is 455 g/mol. The lowest BCUT2D eigenvalue weighted by molar-refractivity contribution is 0.249. The number of hydrogen-bond acceptors (Lipinski definition) is 5. The van der Waals surface area contributed by atoms with Gasteiger partial charge in [-0.15, -0.1) is 11.3 Å². The summed E-state index contributed by atoms with van der Waals surface area (Å²) in [6, 6.07) is 8.95. The van der Waals surface area contributed by atoms with Crippen molar-refractivity contribution in [1.82, 2.24) is 14.8 Å². The number of thiophene rings is 1. The lowest BCUT2D eigenvalue weighted by Crippen LogP contribution is -2.33. The molecule has 3 heterocycles. The van der Waals surface area contributed by atoms with Crippen LogP contribution in [0.1, 0.15) is 35.9 Å². The van der Waals surface area contributed by atoms with Crippen LogP contribution < -0.4 is 20.1 Å². The predicted molar refractivity (Wildman–Crippen MR) is 128 cm³/mol. The van der Waals surface area contributed by atoms with Crippen molar-refractivity contribution in [3.05, 3.63) is 58.7 Å². The van der Waals surface area contributed by atoms with E-state index in [4.69, 9.17) is 9.47 Å². The van der Waals surface area contributed by atoms with Crippen LogP contribution in [-0.4, -0.2) is 42.8 Å². The molecule has 32 heavy (non-hydrogen) atoms. The van der Waals surface area contributed by atoms with E-state index in [0.29, 0.717) is 17.2 Å². The molecular formula is C24H30N4O3S. The van der Waals surface area contributed by atoms with Crippen LogP contribution in [-0.2, 0) is 13.0 Å². The minimum Gasteiger partial charge on any atom is -0.497 e. The summed E-state index contributed by atoms with van der Waals surface area (Å²) in [4.78, 5) is 16.7. The fourth-order valence-electron chi connectivity index (χ4n) is 4.17. The monoisotopic (exact) mass is 454 g/mol. The highest BCUT2D eigenvalue weighted by Crippen LogP contribution is 2.39. The molecule has 0 aliphatic carbocycles. The number of nitrogens with one attached hydrogen (secondary N) is 2. The first-order chi connectivity index (χ1) is 15.5. The van der Waals surface area contributed by atoms with E-state index in [9.17, 15) is 4.79 Å². The minimum absolute atomic E-state index is 0.148. The van der Waals surface area contributed by atoms with E-state index >= 15 is 0 Å². The van der Waals surface area contributed by atoms with Crippen molar-refractivity contribution < 1.29 is 14.3 Å². The Hall–Kier alpha value is -2.97. The minimum atomic E-state index is -0.273. The number of ether oxygens (including phenoxy) is 2. The predicted octanol–water partition coefficient (Wildman–Crippen LogP) is 4.82. The first-order valence-corrected chi connectivity index (χ1v) is 11.6. The number of nitrogens with zero attached hydrogens (tertiary/aromatic N) is 2. The third-order valence-electron chi connectivity index (χ3n) is 5.88. The second-order valence-corrected chi connectivity index (χ2v) is 8.90. The van der Waals surface area contributed by atoms with Crippen molar-refractivity contribution in [2.75, 3.05) is 32.6 Å². The number of hydrogen-bond donors (Lipinski definition) is 2. The highest BCUT2D eigenvalue weighted by atomic mass is 32.1. The van der Waals surface area contributed by atoms with Crippen LogP contribution in [0.15, 0.2) is 42.7 Å². The van der Waals surface area contributed by atoms with E-state index in [1.165, 1.54) is 21.0 Å². The molecule has 0 fully saturated rings. The number of urea groups is 1. The van der Waals surface area contributed by atoms with Crippen molar-refractivity contribution in [2.45, 2.75) is 32.9 Å². The summed E-state index contributed by atoms with van der Waals surface area (Å²) < 4.78 is 12.8. The molecule has 0 bridgehead atoms. The van der Waals surface area contributed by atoms with Crippen LogP contribution in [0.2, 0.25) is 0 Å². The molecule has 2 aromatic heterocycles. The van der Waals surface area contributed by atoms with Crippen LogP contribution in [0.4, 0.5) is 10.5 Å². The zero-order valence-electron chi connectivity index (χ0n) is 19.0. The number of amides is 2. The first kappa shape index (κ1) is 22.2. The molecule has 1 aliphatic rings. The standard InChI is InChI=1S/C24H30N4O3S/c1-5-27-13-10-18-21(15-27)32-23(28-11-6-7-12-28)22(18)16(2)25-24(29)26-19-9-8-17(30-3)14-20(19)31-4/h6-9,11-12,14,16H,5,10,13,15H2,1-4H3,(H2,25,26,29). The molecule has 2 amide bonds. The van der Waals surface area contributed by atoms with Gasteiger partial charge in [0, 0.05) is 42.0 Å². The van der Waals surface area contributed by atoms with E-state index in [0.717, 1.165) is 26.1 Å². The van der Waals surface area contributed by atoms with E-state index in [-0.39, 0.29) is 12.1 Å². The van der Waals surface area contributed by atoms with Crippen LogP contribution in [0.3, 0.4) is 0 Å². The van der Waals surface area contributed by atoms with Gasteiger partial charge in [-0.05, 0) is 49.7 Å². The number of methoxy groups -OCH3 is 2. The Balaban J connectivity index is 1.57. The lowest BCUT2D eigenvalue weighted by atomic mass is 9.98. The Morgan fingerprint density at radius 2 is 2.00 bits per heavy atom. The molecule has 8 heteroatoms. The van der Waals surface area contributed by atoms with Gasteiger partial charge in [-0.2, -0.15) is 0 Å². The topological polar surface area (TPSA) is 67.8 Å². The normalized spacial score (nSPS) is 14.5. The molecule has 1 aliphatic heterocycles. The summed E-state index contributed by atoms with van der Waals surface area (Å²) in [5.74, 6) is 1.22. The van der Waals surface area contributed by atoms with Gasteiger partial charge in [-0.25, -0.2) is 4.79 Å². The largest absolute Gasteiger partial charge is 0.497 e. The Morgan fingerprint density at radius 1 is 1.22 bits per heavy atom. The van der Waals surface area contributed by atoms with Crippen molar-refractivity contribution in [2.24, 2.45) is 0 Å². The Kier molecular flexibility index (Phi) is 6.72. The van der Waals surface area contributed by atoms with Gasteiger partial charge >= 0.3 is 6.03 Å². The van der Waals surface area contributed by atoms with Gasteiger partial charge in [0.2, 0.25) is 0 Å². The summed E-state index contributed by atoms with van der Waals surface area (Å²) in [5, 5.41) is 7.22. The maximum atomic E-state index is 12.9. The second-order valence-electron chi connectivity index (χ2n) is 7.82. The molecule has 170 valence electrons. The van der Waals surface area contributed by atoms with Gasteiger partial charge in [0.25, 0.3) is 0 Å². The van der Waals surface area contributed by atoms with Gasteiger partial charge in [-0.1, -0.05) is 6.92 Å². The Labute approximate surface area is 192 Å². The molecule has 0 radical (unpaired) electrons. The van der Waals surface area contributed by atoms with Crippen LogP contribution in [0, 0.1) is 0 Å². The van der Waals surface area contributed by atoms with Crippen molar-refractivity contribution in [1.29, 1.82) is 0 Å². The fraction of sp³-hybridized carbons (Fsp3) is 0.375. The van der Waals surface area contributed by atoms with E-state index < -0.39 is 0 Å². The summed E-state index contributed by atoms with van der Waals surface area (Å²) in [6.45, 7) is 7.30. The third-order valence-corrected chi connectivity index (χ3v) is 7.13. The van der Waals surface area contributed by atoms with Gasteiger partial charge in [-0.3, -0.25) is 4.90 Å². The van der Waals surface area contributed by atoms with Gasteiger partial charge < -0.3 is 24.7 Å². The molecular weight excluding hydrogens is 424 g/mol. The number of fused-ring (bicyclic) bond motifs is 1. The number of rotatable bonds is 7. The zero-order valence-corrected chi connectivity index (χ0v) is 19.8. The van der Waals surface area contributed by atoms with E-state index in [2.05, 4.69) is 39.4 Å². The molecule has 2 N–H and O–H groups in total. The molecule has 4 rings (SSSR count). The van der Waals surface area contributed by atoms with Crippen LogP contribution in [0.25, 0.3) is 5.00 Å². The molecule has 0 spiro atoms. The number of likely N-dealkylation sites (N-methyl/N-ethyl adjacent to an activating group) is 1. The quantitative estimate of drug-likeness (QED) is 0.537. The van der Waals surface area contributed by atoms with Crippen molar-refractivity contribution in [3.8, 4) is 16.5 Å². The summed E-state index contributed by atoms with van der Waals surface area (Å²) in [6.07, 6.45) is 5.12. The summed E-state index contributed by atoms with van der Waals surface area (Å²) in [7, 11) is 3.17. The molecule has 3 aromatic rings. The lowest BCUT2D eigenvalue weighted by Gasteiger charge is -2.26. The Bertz CT molecular complexity index is 1080. The molecule has 1 atom stereocenters. The summed E-state index contributed by atoms with van der Waals surface area (Å²) >= 11 is 1.82. The van der Waals surface area contributed by atoms with Gasteiger partial charge in [0.15, 0.2) is 0 Å². The van der Waals surface area contributed by atoms with Crippen molar-refractivity contribution >= 4 is 23.1 Å². The number of anilines is 1. The summed E-state index contributed by atoms with van der Waals surface area (Å²) in [5.41, 5.74) is 3.17. The number of carbonyl (C=O) groups excluding carboxylic acids is 1. The smallest absolute Gasteiger partial charge is 0.319 e.